The Bertz CT molecular complexity index is 613. The van der Waals surface area contributed by atoms with Crippen LogP contribution in [0.2, 0.25) is 0 Å². The van der Waals surface area contributed by atoms with E-state index < -0.39 is 0 Å². The van der Waals surface area contributed by atoms with Crippen LogP contribution in [-0.4, -0.2) is 23.2 Å². The van der Waals surface area contributed by atoms with E-state index in [4.69, 9.17) is 14.7 Å². The van der Waals surface area contributed by atoms with Gasteiger partial charge in [0, 0.05) is 12.0 Å². The minimum atomic E-state index is 0.379. The lowest BCUT2D eigenvalue weighted by molar-refractivity contribution is 0.297. The van der Waals surface area contributed by atoms with E-state index in [1.54, 1.807) is 0 Å². The maximum absolute atomic E-state index is 8.96. The van der Waals surface area contributed by atoms with E-state index in [1.165, 1.54) is 6.33 Å². The first kappa shape index (κ1) is 10.7. The van der Waals surface area contributed by atoms with Crippen molar-refractivity contribution in [2.75, 3.05) is 13.2 Å². The molecule has 0 spiro atoms. The van der Waals surface area contributed by atoms with E-state index in [9.17, 15) is 0 Å². The van der Waals surface area contributed by atoms with Crippen LogP contribution in [0.15, 0.2) is 24.5 Å². The van der Waals surface area contributed by atoms with Crippen molar-refractivity contribution in [2.45, 2.75) is 6.42 Å². The highest BCUT2D eigenvalue weighted by Gasteiger charge is 2.14. The van der Waals surface area contributed by atoms with Gasteiger partial charge in [-0.1, -0.05) is 0 Å². The topological polar surface area (TPSA) is 70.9 Å². The van der Waals surface area contributed by atoms with Gasteiger partial charge in [-0.15, -0.1) is 0 Å². The number of fused-ring (bicyclic) bond motifs is 1. The van der Waals surface area contributed by atoms with Gasteiger partial charge in [0.15, 0.2) is 17.2 Å². The summed E-state index contributed by atoms with van der Waals surface area (Å²) in [7, 11) is 0. The van der Waals surface area contributed by atoms with Crippen molar-refractivity contribution in [1.29, 1.82) is 5.26 Å². The average Bonchev–Trinajstić information content (AvgIpc) is 2.76. The highest BCUT2D eigenvalue weighted by atomic mass is 16.5. The minimum absolute atomic E-state index is 0.379. The lowest BCUT2D eigenvalue weighted by Gasteiger charge is -2.08. The third kappa shape index (κ3) is 1.78. The number of nitriles is 1. The standard InChI is InChI=1S/C13H11N3O2/c14-7-10-13(16-8-15-10)9-2-3-11-12(6-9)18-5-1-4-17-11/h2-3,6,8H,1,4-5H2,(H,15,16). The summed E-state index contributed by atoms with van der Waals surface area (Å²) in [6, 6.07) is 7.67. The maximum Gasteiger partial charge on any atom is 0.166 e. The molecule has 2 heterocycles. The molecule has 5 nitrogen and oxygen atoms in total. The van der Waals surface area contributed by atoms with Crippen LogP contribution < -0.4 is 9.47 Å². The molecule has 0 saturated heterocycles. The predicted octanol–water partition coefficient (Wildman–Crippen LogP) is 2.11. The molecule has 0 saturated carbocycles. The van der Waals surface area contributed by atoms with Gasteiger partial charge in [0.05, 0.1) is 25.2 Å². The molecule has 1 aliphatic rings. The van der Waals surface area contributed by atoms with E-state index in [0.29, 0.717) is 30.4 Å². The summed E-state index contributed by atoms with van der Waals surface area (Å²) in [6.07, 6.45) is 2.38. The number of rotatable bonds is 1. The maximum atomic E-state index is 8.96. The molecule has 0 atom stereocenters. The number of hydrogen-bond donors (Lipinski definition) is 1. The van der Waals surface area contributed by atoms with E-state index in [1.807, 2.05) is 18.2 Å². The van der Waals surface area contributed by atoms with Crippen LogP contribution in [0.1, 0.15) is 12.1 Å². The van der Waals surface area contributed by atoms with Crippen LogP contribution in [-0.2, 0) is 0 Å². The second-order valence-corrected chi connectivity index (χ2v) is 3.95. The second kappa shape index (κ2) is 4.41. The van der Waals surface area contributed by atoms with Gasteiger partial charge in [-0.3, -0.25) is 0 Å². The highest BCUT2D eigenvalue weighted by Crippen LogP contribution is 2.34. The Morgan fingerprint density at radius 3 is 2.89 bits per heavy atom. The molecule has 0 unspecified atom stereocenters. The third-order valence-electron chi connectivity index (χ3n) is 2.78. The number of nitrogens with zero attached hydrogens (tertiary/aromatic N) is 2. The van der Waals surface area contributed by atoms with Crippen molar-refractivity contribution < 1.29 is 9.47 Å². The fraction of sp³-hybridized carbons (Fsp3) is 0.231. The van der Waals surface area contributed by atoms with Crippen LogP contribution in [0.25, 0.3) is 11.3 Å². The van der Waals surface area contributed by atoms with Crippen molar-refractivity contribution in [3.63, 3.8) is 0 Å². The van der Waals surface area contributed by atoms with E-state index >= 15 is 0 Å². The number of benzene rings is 1. The van der Waals surface area contributed by atoms with Gasteiger partial charge in [-0.05, 0) is 18.2 Å². The zero-order chi connectivity index (χ0) is 12.4. The summed E-state index contributed by atoms with van der Waals surface area (Å²) in [4.78, 5) is 6.92. The summed E-state index contributed by atoms with van der Waals surface area (Å²) in [5.74, 6) is 1.46. The number of aromatic nitrogens is 2. The molecule has 3 rings (SSSR count). The fourth-order valence-electron chi connectivity index (χ4n) is 1.92. The molecule has 0 fully saturated rings. The van der Waals surface area contributed by atoms with Gasteiger partial charge in [0.25, 0.3) is 0 Å². The zero-order valence-electron chi connectivity index (χ0n) is 9.64. The van der Waals surface area contributed by atoms with Crippen molar-refractivity contribution in [2.24, 2.45) is 0 Å². The van der Waals surface area contributed by atoms with Gasteiger partial charge in [-0.25, -0.2) is 4.98 Å². The molecule has 0 amide bonds. The first-order chi connectivity index (χ1) is 8.88. The number of hydrogen-bond acceptors (Lipinski definition) is 4. The van der Waals surface area contributed by atoms with Crippen LogP contribution in [0.3, 0.4) is 0 Å². The summed E-state index contributed by atoms with van der Waals surface area (Å²) >= 11 is 0. The highest BCUT2D eigenvalue weighted by molar-refractivity contribution is 5.68. The van der Waals surface area contributed by atoms with Gasteiger partial charge >= 0.3 is 0 Å². The Hall–Kier alpha value is -2.48. The summed E-state index contributed by atoms with van der Waals surface area (Å²) < 4.78 is 11.2. The van der Waals surface area contributed by atoms with Crippen LogP contribution in [0.4, 0.5) is 0 Å². The van der Waals surface area contributed by atoms with Crippen LogP contribution in [0.5, 0.6) is 11.5 Å². The smallest absolute Gasteiger partial charge is 0.166 e. The van der Waals surface area contributed by atoms with E-state index in [0.717, 1.165) is 17.7 Å². The monoisotopic (exact) mass is 241 g/mol. The third-order valence-corrected chi connectivity index (χ3v) is 2.78. The largest absolute Gasteiger partial charge is 0.490 e. The molecule has 1 aliphatic heterocycles. The first-order valence-corrected chi connectivity index (χ1v) is 5.72. The second-order valence-electron chi connectivity index (χ2n) is 3.95. The quantitative estimate of drug-likeness (QED) is 0.830. The fourth-order valence-corrected chi connectivity index (χ4v) is 1.92. The molecule has 1 N–H and O–H groups in total. The molecular formula is C13H11N3O2. The van der Waals surface area contributed by atoms with Crippen molar-refractivity contribution in [3.05, 3.63) is 30.2 Å². The summed E-state index contributed by atoms with van der Waals surface area (Å²) in [5.41, 5.74) is 1.95. The Kier molecular flexibility index (Phi) is 2.61. The Morgan fingerprint density at radius 1 is 1.22 bits per heavy atom. The lowest BCUT2D eigenvalue weighted by Crippen LogP contribution is -1.97. The van der Waals surface area contributed by atoms with Crippen LogP contribution >= 0.6 is 0 Å². The average molecular weight is 241 g/mol. The van der Waals surface area contributed by atoms with Gasteiger partial charge < -0.3 is 14.5 Å². The number of aromatic amines is 1. The van der Waals surface area contributed by atoms with Gasteiger partial charge in [0.2, 0.25) is 0 Å². The van der Waals surface area contributed by atoms with Crippen molar-refractivity contribution in [3.8, 4) is 28.8 Å². The molecule has 2 aromatic rings. The molecule has 0 aliphatic carbocycles. The Balaban J connectivity index is 2.05. The van der Waals surface area contributed by atoms with E-state index in [-0.39, 0.29) is 0 Å². The van der Waals surface area contributed by atoms with E-state index in [2.05, 4.69) is 16.0 Å². The molecular weight excluding hydrogens is 230 g/mol. The molecule has 90 valence electrons. The van der Waals surface area contributed by atoms with Gasteiger partial charge in [0.1, 0.15) is 6.07 Å². The van der Waals surface area contributed by atoms with Crippen molar-refractivity contribution >= 4 is 0 Å². The number of nitrogens with one attached hydrogen (secondary N) is 1. The molecule has 0 radical (unpaired) electrons. The first-order valence-electron chi connectivity index (χ1n) is 5.72. The van der Waals surface area contributed by atoms with Crippen LogP contribution in [0, 0.1) is 11.3 Å². The molecule has 0 bridgehead atoms. The number of ether oxygens (including phenoxy) is 2. The molecule has 1 aromatic carbocycles. The molecule has 18 heavy (non-hydrogen) atoms. The number of H-pyrrole nitrogens is 1. The molecule has 5 heteroatoms. The number of imidazole rings is 1. The minimum Gasteiger partial charge on any atom is -0.490 e. The Labute approximate surface area is 104 Å². The van der Waals surface area contributed by atoms with Gasteiger partial charge in [-0.2, -0.15) is 5.26 Å². The predicted molar refractivity (Wildman–Crippen MR) is 64.3 cm³/mol. The SMILES string of the molecule is N#Cc1nc[nH]c1-c1ccc2c(c1)OCCCO2. The summed E-state index contributed by atoms with van der Waals surface area (Å²) in [6.45, 7) is 1.31. The lowest BCUT2D eigenvalue weighted by atomic mass is 10.1. The zero-order valence-corrected chi connectivity index (χ0v) is 9.64. The normalized spacial score (nSPS) is 13.7. The molecule has 1 aromatic heterocycles. The Morgan fingerprint density at radius 2 is 2.06 bits per heavy atom. The summed E-state index contributed by atoms with van der Waals surface area (Å²) in [5, 5.41) is 8.96. The van der Waals surface area contributed by atoms with Crippen molar-refractivity contribution in [1.82, 2.24) is 9.97 Å².